The molecule has 0 aromatic carbocycles. The molecule has 4 nitrogen and oxygen atoms in total. The molecule has 1 atom stereocenters. The van der Waals surface area contributed by atoms with Gasteiger partial charge in [0.2, 0.25) is 0 Å². The third-order valence-corrected chi connectivity index (χ3v) is 2.52. The van der Waals surface area contributed by atoms with E-state index in [9.17, 15) is 9.90 Å². The second-order valence-corrected chi connectivity index (χ2v) is 4.26. The monoisotopic (exact) mass is 203 g/mol. The summed E-state index contributed by atoms with van der Waals surface area (Å²) in [5.41, 5.74) is -1.59. The van der Waals surface area contributed by atoms with Crippen LogP contribution < -0.4 is 0 Å². The first-order valence-corrected chi connectivity index (χ1v) is 4.93. The van der Waals surface area contributed by atoms with Gasteiger partial charge in [-0.2, -0.15) is 0 Å². The lowest BCUT2D eigenvalue weighted by atomic mass is 10.0. The smallest absolute Gasteiger partial charge is 0.335 e. The number of rotatable bonds is 6. The molecular formula is C10H21NO3. The number of carboxylic acids is 1. The number of hydrogen-bond acceptors (Lipinski definition) is 3. The molecule has 0 aliphatic rings. The van der Waals surface area contributed by atoms with Gasteiger partial charge in [0.05, 0.1) is 0 Å². The summed E-state index contributed by atoms with van der Waals surface area (Å²) in [6.45, 7) is 6.30. The SMILES string of the molecule is CC(C)N(C)CCCC(C)(O)C(=O)O. The number of hydrogen-bond donors (Lipinski definition) is 2. The second-order valence-electron chi connectivity index (χ2n) is 4.26. The normalized spacial score (nSPS) is 15.9. The first-order valence-electron chi connectivity index (χ1n) is 4.93. The molecule has 0 rings (SSSR count). The van der Waals surface area contributed by atoms with Crippen molar-refractivity contribution in [3.05, 3.63) is 0 Å². The average molecular weight is 203 g/mol. The van der Waals surface area contributed by atoms with E-state index in [1.807, 2.05) is 7.05 Å². The van der Waals surface area contributed by atoms with Crippen LogP contribution in [-0.4, -0.2) is 46.3 Å². The van der Waals surface area contributed by atoms with E-state index >= 15 is 0 Å². The zero-order chi connectivity index (χ0) is 11.4. The molecule has 0 aromatic rings. The van der Waals surface area contributed by atoms with Crippen molar-refractivity contribution in [2.24, 2.45) is 0 Å². The topological polar surface area (TPSA) is 60.8 Å². The van der Waals surface area contributed by atoms with Crippen molar-refractivity contribution in [2.75, 3.05) is 13.6 Å². The van der Waals surface area contributed by atoms with Crippen LogP contribution >= 0.6 is 0 Å². The molecule has 1 unspecified atom stereocenters. The van der Waals surface area contributed by atoms with Crippen molar-refractivity contribution in [3.8, 4) is 0 Å². The predicted octanol–water partition coefficient (Wildman–Crippen LogP) is 0.942. The fraction of sp³-hybridized carbons (Fsp3) is 0.900. The molecule has 0 bridgehead atoms. The Morgan fingerprint density at radius 1 is 1.50 bits per heavy atom. The molecular weight excluding hydrogens is 182 g/mol. The number of aliphatic hydroxyl groups is 1. The van der Waals surface area contributed by atoms with Gasteiger partial charge in [-0.3, -0.25) is 0 Å². The summed E-state index contributed by atoms with van der Waals surface area (Å²) in [4.78, 5) is 12.7. The number of aliphatic carboxylic acids is 1. The van der Waals surface area contributed by atoms with Crippen molar-refractivity contribution in [1.29, 1.82) is 0 Å². The van der Waals surface area contributed by atoms with Crippen LogP contribution in [0.15, 0.2) is 0 Å². The van der Waals surface area contributed by atoms with Crippen molar-refractivity contribution in [1.82, 2.24) is 4.90 Å². The molecule has 0 fully saturated rings. The van der Waals surface area contributed by atoms with Crippen LogP contribution in [-0.2, 0) is 4.79 Å². The van der Waals surface area contributed by atoms with E-state index in [0.29, 0.717) is 18.9 Å². The Balaban J connectivity index is 3.79. The van der Waals surface area contributed by atoms with Gasteiger partial charge in [-0.15, -0.1) is 0 Å². The Labute approximate surface area is 85.5 Å². The standard InChI is InChI=1S/C10H21NO3/c1-8(2)11(4)7-5-6-10(3,14)9(12)13/h8,14H,5-7H2,1-4H3,(H,12,13). The minimum Gasteiger partial charge on any atom is -0.479 e. The second kappa shape index (κ2) is 5.32. The quantitative estimate of drug-likeness (QED) is 0.674. The van der Waals surface area contributed by atoms with Crippen molar-refractivity contribution >= 4 is 5.97 Å². The van der Waals surface area contributed by atoms with Crippen molar-refractivity contribution < 1.29 is 15.0 Å². The largest absolute Gasteiger partial charge is 0.479 e. The van der Waals surface area contributed by atoms with Crippen LogP contribution in [0.5, 0.6) is 0 Å². The molecule has 84 valence electrons. The molecule has 0 aliphatic carbocycles. The van der Waals surface area contributed by atoms with Crippen LogP contribution in [0.4, 0.5) is 0 Å². The molecule has 0 heterocycles. The van der Waals surface area contributed by atoms with E-state index in [1.165, 1.54) is 6.92 Å². The first kappa shape index (κ1) is 13.4. The van der Waals surface area contributed by atoms with Crippen LogP contribution in [0.25, 0.3) is 0 Å². The molecule has 0 aromatic heterocycles. The zero-order valence-corrected chi connectivity index (χ0v) is 9.45. The third-order valence-electron chi connectivity index (χ3n) is 2.52. The molecule has 2 N–H and O–H groups in total. The Hall–Kier alpha value is -0.610. The summed E-state index contributed by atoms with van der Waals surface area (Å²) in [6, 6.07) is 0.449. The maximum atomic E-state index is 10.6. The maximum absolute atomic E-state index is 10.6. The lowest BCUT2D eigenvalue weighted by Crippen LogP contribution is -2.36. The third kappa shape index (κ3) is 4.58. The first-order chi connectivity index (χ1) is 6.27. The highest BCUT2D eigenvalue weighted by Gasteiger charge is 2.28. The van der Waals surface area contributed by atoms with Gasteiger partial charge in [-0.1, -0.05) is 0 Å². The summed E-state index contributed by atoms with van der Waals surface area (Å²) in [6.07, 6.45) is 0.980. The molecule has 0 radical (unpaired) electrons. The lowest BCUT2D eigenvalue weighted by molar-refractivity contribution is -0.157. The summed E-state index contributed by atoms with van der Waals surface area (Å²) in [5.74, 6) is -1.15. The van der Waals surface area contributed by atoms with E-state index in [4.69, 9.17) is 5.11 Å². The van der Waals surface area contributed by atoms with Crippen LogP contribution in [0, 0.1) is 0 Å². The number of nitrogens with zero attached hydrogens (tertiary/aromatic N) is 1. The molecule has 0 saturated heterocycles. The minimum absolute atomic E-state index is 0.291. The lowest BCUT2D eigenvalue weighted by Gasteiger charge is -2.23. The fourth-order valence-electron chi connectivity index (χ4n) is 1.04. The van der Waals surface area contributed by atoms with Gasteiger partial charge in [0.1, 0.15) is 0 Å². The molecule has 0 saturated carbocycles. The predicted molar refractivity (Wildman–Crippen MR) is 55.3 cm³/mol. The summed E-state index contributed by atoms with van der Waals surface area (Å²) in [5, 5.41) is 18.1. The summed E-state index contributed by atoms with van der Waals surface area (Å²) < 4.78 is 0. The van der Waals surface area contributed by atoms with Crippen LogP contribution in [0.3, 0.4) is 0 Å². The van der Waals surface area contributed by atoms with Gasteiger partial charge in [0.15, 0.2) is 5.60 Å². The zero-order valence-electron chi connectivity index (χ0n) is 9.45. The number of carboxylic acid groups (broad SMARTS) is 1. The van der Waals surface area contributed by atoms with Gasteiger partial charge in [0.25, 0.3) is 0 Å². The highest BCUT2D eigenvalue weighted by molar-refractivity contribution is 5.76. The van der Waals surface area contributed by atoms with Crippen LogP contribution in [0.2, 0.25) is 0 Å². The molecule has 0 amide bonds. The Morgan fingerprint density at radius 2 is 2.00 bits per heavy atom. The average Bonchev–Trinajstić information content (AvgIpc) is 2.03. The molecule has 0 spiro atoms. The van der Waals surface area contributed by atoms with E-state index < -0.39 is 11.6 Å². The fourth-order valence-corrected chi connectivity index (χ4v) is 1.04. The van der Waals surface area contributed by atoms with E-state index in [2.05, 4.69) is 18.7 Å². The van der Waals surface area contributed by atoms with E-state index in [0.717, 1.165) is 6.54 Å². The van der Waals surface area contributed by atoms with E-state index in [1.54, 1.807) is 0 Å². The van der Waals surface area contributed by atoms with Crippen molar-refractivity contribution in [3.63, 3.8) is 0 Å². The van der Waals surface area contributed by atoms with Gasteiger partial charge in [0, 0.05) is 6.04 Å². The van der Waals surface area contributed by atoms with Gasteiger partial charge >= 0.3 is 5.97 Å². The van der Waals surface area contributed by atoms with Gasteiger partial charge < -0.3 is 15.1 Å². The Bertz CT molecular complexity index is 190. The molecule has 0 aliphatic heterocycles. The number of carbonyl (C=O) groups is 1. The highest BCUT2D eigenvalue weighted by atomic mass is 16.4. The van der Waals surface area contributed by atoms with Crippen LogP contribution in [0.1, 0.15) is 33.6 Å². The summed E-state index contributed by atoms with van der Waals surface area (Å²) in [7, 11) is 1.99. The van der Waals surface area contributed by atoms with Gasteiger partial charge in [-0.25, -0.2) is 4.79 Å². The van der Waals surface area contributed by atoms with E-state index in [-0.39, 0.29) is 0 Å². The van der Waals surface area contributed by atoms with Crippen molar-refractivity contribution in [2.45, 2.75) is 45.3 Å². The summed E-state index contributed by atoms with van der Waals surface area (Å²) >= 11 is 0. The highest BCUT2D eigenvalue weighted by Crippen LogP contribution is 2.12. The Morgan fingerprint density at radius 3 is 2.36 bits per heavy atom. The minimum atomic E-state index is -1.59. The molecule has 4 heteroatoms. The van der Waals surface area contributed by atoms with Gasteiger partial charge in [-0.05, 0) is 47.2 Å². The maximum Gasteiger partial charge on any atom is 0.335 e. The Kier molecular flexibility index (Phi) is 5.08. The molecule has 14 heavy (non-hydrogen) atoms.